The molecule has 2 nitrogen and oxygen atoms in total. The average Bonchev–Trinajstić information content (AvgIpc) is 2.33. The fourth-order valence-corrected chi connectivity index (χ4v) is 2.20. The molecule has 0 aliphatic rings. The van der Waals surface area contributed by atoms with Gasteiger partial charge in [0.1, 0.15) is 5.92 Å². The van der Waals surface area contributed by atoms with Crippen molar-refractivity contribution in [3.8, 4) is 6.07 Å². The standard InChI is InChI=1S/C14H13BrF3NO/c1-8(2)5-9(7-19)13(20)11-4-3-10(15)6-12(11)14(16,17)18/h3-4,6,8-9H,5H2,1-2H3. The smallest absolute Gasteiger partial charge is 0.293 e. The number of hydrogen-bond acceptors (Lipinski definition) is 2. The molecule has 1 rings (SSSR count). The second-order valence-electron chi connectivity index (χ2n) is 4.86. The molecule has 1 aromatic carbocycles. The largest absolute Gasteiger partial charge is 0.417 e. The van der Waals surface area contributed by atoms with Crippen LogP contribution in [-0.2, 0) is 6.18 Å². The molecule has 0 saturated heterocycles. The van der Waals surface area contributed by atoms with Crippen LogP contribution < -0.4 is 0 Å². The molecule has 0 amide bonds. The number of benzene rings is 1. The number of halogens is 4. The van der Waals surface area contributed by atoms with E-state index in [1.165, 1.54) is 6.07 Å². The van der Waals surface area contributed by atoms with E-state index in [1.54, 1.807) is 6.07 Å². The van der Waals surface area contributed by atoms with Crippen molar-refractivity contribution in [3.63, 3.8) is 0 Å². The Labute approximate surface area is 123 Å². The zero-order chi connectivity index (χ0) is 15.5. The van der Waals surface area contributed by atoms with Gasteiger partial charge < -0.3 is 0 Å². The molecule has 6 heteroatoms. The first-order chi connectivity index (χ1) is 9.16. The van der Waals surface area contributed by atoms with Crippen molar-refractivity contribution in [1.82, 2.24) is 0 Å². The third-order valence-corrected chi connectivity index (χ3v) is 3.23. The van der Waals surface area contributed by atoms with E-state index in [4.69, 9.17) is 5.26 Å². The van der Waals surface area contributed by atoms with Crippen LogP contribution in [0.1, 0.15) is 36.2 Å². The highest BCUT2D eigenvalue weighted by Crippen LogP contribution is 2.35. The van der Waals surface area contributed by atoms with Gasteiger partial charge in [0.15, 0.2) is 5.78 Å². The van der Waals surface area contributed by atoms with Crippen LogP contribution in [0, 0.1) is 23.2 Å². The van der Waals surface area contributed by atoms with E-state index in [9.17, 15) is 18.0 Å². The number of hydrogen-bond donors (Lipinski definition) is 0. The fraction of sp³-hybridized carbons (Fsp3) is 0.429. The van der Waals surface area contributed by atoms with Gasteiger partial charge in [-0.25, -0.2) is 0 Å². The Hall–Kier alpha value is -1.35. The summed E-state index contributed by atoms with van der Waals surface area (Å²) in [6.07, 6.45) is -4.39. The molecule has 20 heavy (non-hydrogen) atoms. The lowest BCUT2D eigenvalue weighted by molar-refractivity contribution is -0.138. The Balaban J connectivity index is 3.26. The van der Waals surface area contributed by atoms with Crippen LogP contribution in [0.2, 0.25) is 0 Å². The number of nitrogens with zero attached hydrogens (tertiary/aromatic N) is 1. The minimum absolute atomic E-state index is 0.0494. The molecule has 0 bridgehead atoms. The lowest BCUT2D eigenvalue weighted by Crippen LogP contribution is -2.20. The number of nitriles is 1. The van der Waals surface area contributed by atoms with Gasteiger partial charge in [-0.2, -0.15) is 18.4 Å². The topological polar surface area (TPSA) is 40.9 Å². The summed E-state index contributed by atoms with van der Waals surface area (Å²) in [7, 11) is 0. The molecular formula is C14H13BrF3NO. The van der Waals surface area contributed by atoms with Crippen LogP contribution in [0.5, 0.6) is 0 Å². The molecule has 0 fully saturated rings. The van der Waals surface area contributed by atoms with E-state index >= 15 is 0 Å². The van der Waals surface area contributed by atoms with Gasteiger partial charge >= 0.3 is 6.18 Å². The summed E-state index contributed by atoms with van der Waals surface area (Å²) in [5, 5.41) is 8.99. The minimum Gasteiger partial charge on any atom is -0.293 e. The molecule has 0 aliphatic heterocycles. The molecule has 0 heterocycles. The molecule has 0 aromatic heterocycles. The van der Waals surface area contributed by atoms with Gasteiger partial charge in [-0.1, -0.05) is 29.8 Å². The third kappa shape index (κ3) is 4.07. The molecule has 0 saturated carbocycles. The molecule has 1 unspecified atom stereocenters. The van der Waals surface area contributed by atoms with Crippen molar-refractivity contribution in [2.45, 2.75) is 26.4 Å². The summed E-state index contributed by atoms with van der Waals surface area (Å²) in [5.41, 5.74) is -1.46. The Bertz CT molecular complexity index is 546. The van der Waals surface area contributed by atoms with Gasteiger partial charge in [0.25, 0.3) is 0 Å². The predicted molar refractivity (Wildman–Crippen MR) is 72.0 cm³/mol. The molecule has 1 atom stereocenters. The monoisotopic (exact) mass is 347 g/mol. The summed E-state index contributed by atoms with van der Waals surface area (Å²) < 4.78 is 39.1. The molecule has 0 N–H and O–H groups in total. The maximum absolute atomic E-state index is 13.0. The first-order valence-electron chi connectivity index (χ1n) is 5.97. The second-order valence-corrected chi connectivity index (χ2v) is 5.78. The number of ketones is 1. The van der Waals surface area contributed by atoms with Crippen molar-refractivity contribution in [2.75, 3.05) is 0 Å². The minimum atomic E-state index is -4.63. The summed E-state index contributed by atoms with van der Waals surface area (Å²) in [6.45, 7) is 3.62. The van der Waals surface area contributed by atoms with Crippen LogP contribution >= 0.6 is 15.9 Å². The summed E-state index contributed by atoms with van der Waals surface area (Å²) in [6, 6.07) is 5.13. The number of rotatable bonds is 4. The molecule has 0 aliphatic carbocycles. The molecule has 0 spiro atoms. The Morgan fingerprint density at radius 1 is 1.40 bits per heavy atom. The van der Waals surface area contributed by atoms with Crippen LogP contribution in [0.4, 0.5) is 13.2 Å². The number of alkyl halides is 3. The van der Waals surface area contributed by atoms with E-state index in [0.29, 0.717) is 0 Å². The Morgan fingerprint density at radius 2 is 2.00 bits per heavy atom. The molecule has 1 aromatic rings. The SMILES string of the molecule is CC(C)CC(C#N)C(=O)c1ccc(Br)cc1C(F)(F)F. The number of Topliss-reactive ketones (excluding diaryl/α,β-unsaturated/α-hetero) is 1. The summed E-state index contributed by atoms with van der Waals surface area (Å²) in [5.74, 6) is -1.79. The quantitative estimate of drug-likeness (QED) is 0.731. The van der Waals surface area contributed by atoms with E-state index in [-0.39, 0.29) is 16.8 Å². The van der Waals surface area contributed by atoms with Crippen LogP contribution in [0.15, 0.2) is 22.7 Å². The fourth-order valence-electron chi connectivity index (χ4n) is 1.84. The van der Waals surface area contributed by atoms with Crippen molar-refractivity contribution >= 4 is 21.7 Å². The lowest BCUT2D eigenvalue weighted by atomic mass is 9.89. The van der Waals surface area contributed by atoms with Crippen molar-refractivity contribution in [3.05, 3.63) is 33.8 Å². The van der Waals surface area contributed by atoms with E-state index in [2.05, 4.69) is 15.9 Å². The van der Waals surface area contributed by atoms with Crippen molar-refractivity contribution in [1.29, 1.82) is 5.26 Å². The first kappa shape index (κ1) is 16.7. The first-order valence-corrected chi connectivity index (χ1v) is 6.76. The molecule has 108 valence electrons. The van der Waals surface area contributed by atoms with Gasteiger partial charge in [0, 0.05) is 10.0 Å². The third-order valence-electron chi connectivity index (χ3n) is 2.73. The lowest BCUT2D eigenvalue weighted by Gasteiger charge is -2.15. The van der Waals surface area contributed by atoms with Crippen molar-refractivity contribution in [2.24, 2.45) is 11.8 Å². The maximum atomic E-state index is 13.0. The second kappa shape index (κ2) is 6.40. The van der Waals surface area contributed by atoms with Gasteiger partial charge in [-0.15, -0.1) is 0 Å². The highest BCUT2D eigenvalue weighted by atomic mass is 79.9. The molecule has 0 radical (unpaired) electrons. The van der Waals surface area contributed by atoms with Crippen molar-refractivity contribution < 1.29 is 18.0 Å². The number of carbonyl (C=O) groups is 1. The Kier molecular flexibility index (Phi) is 5.35. The zero-order valence-electron chi connectivity index (χ0n) is 11.0. The molecular weight excluding hydrogens is 335 g/mol. The summed E-state index contributed by atoms with van der Waals surface area (Å²) in [4.78, 5) is 12.2. The Morgan fingerprint density at radius 3 is 2.45 bits per heavy atom. The normalized spacial score (nSPS) is 13.1. The zero-order valence-corrected chi connectivity index (χ0v) is 12.5. The average molecular weight is 348 g/mol. The maximum Gasteiger partial charge on any atom is 0.417 e. The predicted octanol–water partition coefficient (Wildman–Crippen LogP) is 4.84. The van der Waals surface area contributed by atoms with Crippen LogP contribution in [-0.4, -0.2) is 5.78 Å². The number of carbonyl (C=O) groups excluding carboxylic acids is 1. The highest BCUT2D eigenvalue weighted by molar-refractivity contribution is 9.10. The van der Waals surface area contributed by atoms with Gasteiger partial charge in [0.05, 0.1) is 11.6 Å². The van der Waals surface area contributed by atoms with Gasteiger partial charge in [-0.05, 0) is 30.5 Å². The van der Waals surface area contributed by atoms with Crippen LogP contribution in [0.3, 0.4) is 0 Å². The van der Waals surface area contributed by atoms with Crippen LogP contribution in [0.25, 0.3) is 0 Å². The van der Waals surface area contributed by atoms with Gasteiger partial charge in [0.2, 0.25) is 0 Å². The van der Waals surface area contributed by atoms with E-state index < -0.39 is 29.0 Å². The summed E-state index contributed by atoms with van der Waals surface area (Å²) >= 11 is 2.96. The van der Waals surface area contributed by atoms with E-state index in [1.807, 2.05) is 13.8 Å². The highest BCUT2D eigenvalue weighted by Gasteiger charge is 2.37. The van der Waals surface area contributed by atoms with E-state index in [0.717, 1.165) is 12.1 Å². The van der Waals surface area contributed by atoms with Gasteiger partial charge in [-0.3, -0.25) is 4.79 Å².